The Bertz CT molecular complexity index is 688. The number of hydrogen-bond acceptors (Lipinski definition) is 0. The molecule has 2 aromatic carbocycles. The lowest BCUT2D eigenvalue weighted by Gasteiger charge is -2.39. The van der Waals surface area contributed by atoms with Crippen LogP contribution in [0.5, 0.6) is 0 Å². The molecule has 0 amide bonds. The van der Waals surface area contributed by atoms with E-state index in [-0.39, 0.29) is 5.41 Å². The summed E-state index contributed by atoms with van der Waals surface area (Å²) in [5.74, 6) is 0. The second kappa shape index (κ2) is 3.63. The lowest BCUT2D eigenvalue weighted by molar-refractivity contribution is 0.264. The van der Waals surface area contributed by atoms with Crippen molar-refractivity contribution in [1.29, 1.82) is 0 Å². The van der Waals surface area contributed by atoms with E-state index in [2.05, 4.69) is 78.9 Å². The summed E-state index contributed by atoms with van der Waals surface area (Å²) in [6, 6.07) is 15.9. The van der Waals surface area contributed by atoms with Crippen LogP contribution in [0, 0.1) is 5.41 Å². The summed E-state index contributed by atoms with van der Waals surface area (Å²) < 4.78 is 1.20. The molecular formula is C18H17I. The second-order valence-corrected chi connectivity index (χ2v) is 7.14. The Morgan fingerprint density at radius 1 is 1.00 bits per heavy atom. The van der Waals surface area contributed by atoms with Crippen LogP contribution in [-0.2, 0) is 11.8 Å². The van der Waals surface area contributed by atoms with Crippen LogP contribution in [0.15, 0.2) is 42.5 Å². The predicted octanol–water partition coefficient (Wildman–Crippen LogP) is 4.97. The first-order chi connectivity index (χ1) is 9.12. The first-order valence-corrected chi connectivity index (χ1v) is 8.42. The van der Waals surface area contributed by atoms with E-state index in [1.54, 1.807) is 11.1 Å². The van der Waals surface area contributed by atoms with E-state index in [1.165, 1.54) is 27.5 Å². The Labute approximate surface area is 128 Å². The highest BCUT2D eigenvalue weighted by Gasteiger charge is 2.56. The van der Waals surface area contributed by atoms with E-state index in [1.807, 2.05) is 0 Å². The number of rotatable bonds is 1. The van der Waals surface area contributed by atoms with Crippen molar-refractivity contribution < 1.29 is 0 Å². The van der Waals surface area contributed by atoms with Gasteiger partial charge in [-0.15, -0.1) is 0 Å². The minimum atomic E-state index is 0.191. The molecule has 19 heavy (non-hydrogen) atoms. The van der Waals surface area contributed by atoms with Gasteiger partial charge in [0.15, 0.2) is 0 Å². The Kier molecular flexibility index (Phi) is 2.28. The van der Waals surface area contributed by atoms with Gasteiger partial charge in [0.25, 0.3) is 0 Å². The zero-order valence-electron chi connectivity index (χ0n) is 11.3. The standard InChI is InChI=1S/C18H17I/c1-17(11-19)10-12-6-5-8-14-13-7-3-4-9-15(13)18(17,2)16(12)14/h3-9H,10-11H2,1-2H3. The molecular weight excluding hydrogens is 343 g/mol. The highest BCUT2D eigenvalue weighted by atomic mass is 127. The van der Waals surface area contributed by atoms with Gasteiger partial charge < -0.3 is 0 Å². The molecule has 0 spiro atoms. The third-order valence-electron chi connectivity index (χ3n) is 5.49. The molecule has 96 valence electrons. The second-order valence-electron chi connectivity index (χ2n) is 6.38. The molecule has 0 bridgehead atoms. The largest absolute Gasteiger partial charge is 0.0857 e. The molecule has 2 atom stereocenters. The molecule has 0 heterocycles. The molecule has 0 aromatic heterocycles. The summed E-state index contributed by atoms with van der Waals surface area (Å²) in [6.07, 6.45) is 1.21. The lowest BCUT2D eigenvalue weighted by Crippen LogP contribution is -2.39. The Morgan fingerprint density at radius 2 is 1.74 bits per heavy atom. The normalized spacial score (nSPS) is 30.3. The molecule has 0 N–H and O–H groups in total. The summed E-state index contributed by atoms with van der Waals surface area (Å²) in [6.45, 7) is 4.93. The van der Waals surface area contributed by atoms with E-state index < -0.39 is 0 Å². The molecule has 2 aliphatic rings. The van der Waals surface area contributed by atoms with Crippen LogP contribution in [0.25, 0.3) is 11.1 Å². The number of fused-ring (bicyclic) bond motifs is 3. The molecule has 0 saturated carbocycles. The predicted molar refractivity (Wildman–Crippen MR) is 89.0 cm³/mol. The summed E-state index contributed by atoms with van der Waals surface area (Å²) in [5, 5.41) is 0. The van der Waals surface area contributed by atoms with Gasteiger partial charge in [0, 0.05) is 9.84 Å². The summed E-state index contributed by atoms with van der Waals surface area (Å²) in [7, 11) is 0. The van der Waals surface area contributed by atoms with Crippen molar-refractivity contribution in [3.63, 3.8) is 0 Å². The molecule has 4 rings (SSSR count). The van der Waals surface area contributed by atoms with Crippen LogP contribution in [0.2, 0.25) is 0 Å². The zero-order chi connectivity index (χ0) is 13.3. The summed E-state index contributed by atoms with van der Waals surface area (Å²) >= 11 is 2.58. The minimum absolute atomic E-state index is 0.191. The lowest BCUT2D eigenvalue weighted by atomic mass is 9.65. The number of hydrogen-bond donors (Lipinski definition) is 0. The first kappa shape index (κ1) is 12.0. The quantitative estimate of drug-likeness (QED) is 0.498. The van der Waals surface area contributed by atoms with Crippen LogP contribution in [0.3, 0.4) is 0 Å². The molecule has 0 aliphatic heterocycles. The van der Waals surface area contributed by atoms with Gasteiger partial charge in [0.1, 0.15) is 0 Å². The maximum Gasteiger partial charge on any atom is 0.0253 e. The van der Waals surface area contributed by atoms with Crippen molar-refractivity contribution in [2.75, 3.05) is 4.43 Å². The van der Waals surface area contributed by atoms with Crippen molar-refractivity contribution in [3.05, 3.63) is 59.2 Å². The zero-order valence-corrected chi connectivity index (χ0v) is 13.5. The van der Waals surface area contributed by atoms with Crippen molar-refractivity contribution in [3.8, 4) is 11.1 Å². The Morgan fingerprint density at radius 3 is 2.53 bits per heavy atom. The van der Waals surface area contributed by atoms with E-state index in [0.29, 0.717) is 5.41 Å². The molecule has 2 aromatic rings. The maximum absolute atomic E-state index is 2.58. The van der Waals surface area contributed by atoms with E-state index in [9.17, 15) is 0 Å². The average molecular weight is 360 g/mol. The van der Waals surface area contributed by atoms with Crippen molar-refractivity contribution >= 4 is 22.6 Å². The highest BCUT2D eigenvalue weighted by Crippen LogP contribution is 2.63. The summed E-state index contributed by atoms with van der Waals surface area (Å²) in [4.78, 5) is 0. The van der Waals surface area contributed by atoms with Crippen molar-refractivity contribution in [2.24, 2.45) is 5.41 Å². The monoisotopic (exact) mass is 360 g/mol. The van der Waals surface area contributed by atoms with Crippen LogP contribution in [-0.4, -0.2) is 4.43 Å². The highest BCUT2D eigenvalue weighted by molar-refractivity contribution is 14.1. The van der Waals surface area contributed by atoms with Crippen LogP contribution >= 0.6 is 22.6 Å². The van der Waals surface area contributed by atoms with Crippen molar-refractivity contribution in [1.82, 2.24) is 0 Å². The number of halogens is 1. The van der Waals surface area contributed by atoms with Gasteiger partial charge in [0.05, 0.1) is 0 Å². The van der Waals surface area contributed by atoms with Gasteiger partial charge >= 0.3 is 0 Å². The molecule has 1 heteroatoms. The summed E-state index contributed by atoms with van der Waals surface area (Å²) in [5.41, 5.74) is 8.16. The fourth-order valence-corrected chi connectivity index (χ4v) is 5.29. The van der Waals surface area contributed by atoms with Gasteiger partial charge in [-0.1, -0.05) is 78.9 Å². The molecule has 0 saturated heterocycles. The van der Waals surface area contributed by atoms with Gasteiger partial charge in [-0.3, -0.25) is 0 Å². The fraction of sp³-hybridized carbons (Fsp3) is 0.333. The molecule has 0 nitrogen and oxygen atoms in total. The van der Waals surface area contributed by atoms with Crippen molar-refractivity contribution in [2.45, 2.75) is 25.7 Å². The van der Waals surface area contributed by atoms with Gasteiger partial charge in [-0.2, -0.15) is 0 Å². The van der Waals surface area contributed by atoms with Gasteiger partial charge in [-0.05, 0) is 39.7 Å². The first-order valence-electron chi connectivity index (χ1n) is 6.90. The number of alkyl halides is 1. The van der Waals surface area contributed by atoms with Gasteiger partial charge in [-0.25, -0.2) is 0 Å². The SMILES string of the molecule is CC1(CI)Cc2cccc3c2C1(C)c1ccccc1-3. The van der Waals surface area contributed by atoms with Crippen LogP contribution in [0.4, 0.5) is 0 Å². The minimum Gasteiger partial charge on any atom is -0.0857 e. The Hall–Kier alpha value is -0.830. The number of benzene rings is 2. The maximum atomic E-state index is 2.58. The third-order valence-corrected chi connectivity index (χ3v) is 7.17. The third kappa shape index (κ3) is 1.21. The van der Waals surface area contributed by atoms with Gasteiger partial charge in [0.2, 0.25) is 0 Å². The Balaban J connectivity index is 2.16. The molecule has 2 unspecified atom stereocenters. The topological polar surface area (TPSA) is 0 Å². The average Bonchev–Trinajstić information content (AvgIpc) is 2.85. The van der Waals surface area contributed by atoms with E-state index in [0.717, 1.165) is 0 Å². The molecule has 0 radical (unpaired) electrons. The van der Waals surface area contributed by atoms with E-state index in [4.69, 9.17) is 0 Å². The van der Waals surface area contributed by atoms with Crippen LogP contribution in [0.1, 0.15) is 30.5 Å². The molecule has 0 fully saturated rings. The smallest absolute Gasteiger partial charge is 0.0253 e. The molecule has 2 aliphatic carbocycles. The van der Waals surface area contributed by atoms with E-state index >= 15 is 0 Å². The fourth-order valence-electron chi connectivity index (χ4n) is 4.26. The van der Waals surface area contributed by atoms with Crippen LogP contribution < -0.4 is 0 Å².